The summed E-state index contributed by atoms with van der Waals surface area (Å²) in [5.74, 6) is 1.72. The van der Waals surface area contributed by atoms with Crippen LogP contribution in [0.3, 0.4) is 0 Å². The Hall–Kier alpha value is -2.18. The number of carbonyl (C=O) groups excluding carboxylic acids is 1. The van der Waals surface area contributed by atoms with E-state index < -0.39 is 0 Å². The second-order valence-electron chi connectivity index (χ2n) is 4.00. The molecule has 2 N–H and O–H groups in total. The van der Waals surface area contributed by atoms with E-state index in [1.165, 1.54) is 0 Å². The van der Waals surface area contributed by atoms with Gasteiger partial charge < -0.3 is 14.8 Å². The van der Waals surface area contributed by atoms with E-state index in [0.717, 1.165) is 5.82 Å². The fraction of sp³-hybridized carbons (Fsp3) is 0.455. The third-order valence-corrected chi connectivity index (χ3v) is 2.44. The van der Waals surface area contributed by atoms with Gasteiger partial charge in [-0.25, -0.2) is 4.98 Å². The molecule has 2 rings (SSSR count). The molecule has 1 unspecified atom stereocenters. The smallest absolute Gasteiger partial charge is 0.227 e. The molecule has 0 aromatic carbocycles. The number of rotatable bonds is 5. The Labute approximate surface area is 104 Å². The molecule has 7 heteroatoms. The second-order valence-corrected chi connectivity index (χ2v) is 4.00. The molecule has 0 fully saturated rings. The quantitative estimate of drug-likeness (QED) is 0.821. The molecule has 2 aromatic rings. The minimum atomic E-state index is -0.142. The maximum Gasteiger partial charge on any atom is 0.227 e. The third kappa shape index (κ3) is 3.16. The first-order valence-corrected chi connectivity index (χ1v) is 5.73. The van der Waals surface area contributed by atoms with E-state index in [4.69, 9.17) is 4.52 Å². The van der Waals surface area contributed by atoms with E-state index in [1.807, 2.05) is 6.92 Å². The molecule has 0 saturated heterocycles. The fourth-order valence-corrected chi connectivity index (χ4v) is 1.56. The molecule has 0 aliphatic rings. The number of imidazole rings is 1. The van der Waals surface area contributed by atoms with Crippen LogP contribution in [0.1, 0.15) is 36.9 Å². The molecule has 0 bridgehead atoms. The van der Waals surface area contributed by atoms with E-state index in [9.17, 15) is 4.79 Å². The van der Waals surface area contributed by atoms with E-state index in [2.05, 4.69) is 25.4 Å². The fourth-order valence-electron chi connectivity index (χ4n) is 1.56. The van der Waals surface area contributed by atoms with E-state index in [0.29, 0.717) is 24.6 Å². The highest BCUT2D eigenvalue weighted by Gasteiger charge is 2.12. The van der Waals surface area contributed by atoms with Crippen LogP contribution < -0.4 is 5.32 Å². The van der Waals surface area contributed by atoms with Crippen molar-refractivity contribution in [2.45, 2.75) is 32.7 Å². The summed E-state index contributed by atoms with van der Waals surface area (Å²) < 4.78 is 4.93. The van der Waals surface area contributed by atoms with Crippen molar-refractivity contribution in [3.63, 3.8) is 0 Å². The summed E-state index contributed by atoms with van der Waals surface area (Å²) >= 11 is 0. The number of aromatic nitrogens is 4. The molecule has 2 heterocycles. The van der Waals surface area contributed by atoms with Crippen molar-refractivity contribution < 1.29 is 9.32 Å². The minimum absolute atomic E-state index is 0.0743. The summed E-state index contributed by atoms with van der Waals surface area (Å²) in [4.78, 5) is 22.8. The van der Waals surface area contributed by atoms with Crippen LogP contribution in [0.15, 0.2) is 16.9 Å². The molecule has 0 saturated carbocycles. The number of amides is 1. The van der Waals surface area contributed by atoms with Crippen molar-refractivity contribution in [2.24, 2.45) is 0 Å². The molecule has 1 atom stereocenters. The maximum absolute atomic E-state index is 11.7. The summed E-state index contributed by atoms with van der Waals surface area (Å²) in [7, 11) is 0. The average Bonchev–Trinajstić information content (AvgIpc) is 2.97. The predicted octanol–water partition coefficient (Wildman–Crippen LogP) is 0.911. The third-order valence-electron chi connectivity index (χ3n) is 2.44. The minimum Gasteiger partial charge on any atom is -0.347 e. The second kappa shape index (κ2) is 5.44. The molecule has 0 aliphatic carbocycles. The number of H-pyrrole nitrogens is 1. The monoisotopic (exact) mass is 249 g/mol. The highest BCUT2D eigenvalue weighted by atomic mass is 16.5. The van der Waals surface area contributed by atoms with Crippen LogP contribution in [0, 0.1) is 6.92 Å². The van der Waals surface area contributed by atoms with Crippen molar-refractivity contribution in [3.05, 3.63) is 29.9 Å². The molecule has 0 radical (unpaired) electrons. The Balaban J connectivity index is 1.78. The van der Waals surface area contributed by atoms with Crippen molar-refractivity contribution in [1.82, 2.24) is 25.4 Å². The lowest BCUT2D eigenvalue weighted by Crippen LogP contribution is -2.27. The first-order valence-electron chi connectivity index (χ1n) is 5.73. The zero-order valence-corrected chi connectivity index (χ0v) is 10.3. The normalized spacial score (nSPS) is 12.3. The first kappa shape index (κ1) is 12.3. The van der Waals surface area contributed by atoms with Gasteiger partial charge in [-0.05, 0) is 13.8 Å². The molecule has 18 heavy (non-hydrogen) atoms. The Bertz CT molecular complexity index is 505. The Kier molecular flexibility index (Phi) is 3.71. The molecular formula is C11H15N5O2. The number of hydrogen-bond acceptors (Lipinski definition) is 5. The first-order chi connectivity index (χ1) is 8.65. The lowest BCUT2D eigenvalue weighted by molar-refractivity contribution is -0.121. The number of nitrogens with one attached hydrogen (secondary N) is 2. The van der Waals surface area contributed by atoms with Gasteiger partial charge in [0, 0.05) is 25.2 Å². The summed E-state index contributed by atoms with van der Waals surface area (Å²) in [5, 5.41) is 6.50. The van der Waals surface area contributed by atoms with Gasteiger partial charge in [0.25, 0.3) is 0 Å². The Morgan fingerprint density at radius 3 is 3.06 bits per heavy atom. The van der Waals surface area contributed by atoms with Crippen molar-refractivity contribution in [2.75, 3.05) is 0 Å². The van der Waals surface area contributed by atoms with Gasteiger partial charge in [-0.2, -0.15) is 4.98 Å². The lowest BCUT2D eigenvalue weighted by Gasteiger charge is -2.10. The van der Waals surface area contributed by atoms with Crippen LogP contribution in [0.25, 0.3) is 0 Å². The Morgan fingerprint density at radius 1 is 1.61 bits per heavy atom. The van der Waals surface area contributed by atoms with Crippen LogP contribution in [0.4, 0.5) is 0 Å². The Morgan fingerprint density at radius 2 is 2.44 bits per heavy atom. The standard InChI is InChI=1S/C11H15N5O2/c1-7(11-12-5-6-13-11)14-9(17)3-4-10-15-8(2)16-18-10/h5-7H,3-4H2,1-2H3,(H,12,13)(H,14,17). The molecular weight excluding hydrogens is 234 g/mol. The van der Waals surface area contributed by atoms with Crippen LogP contribution >= 0.6 is 0 Å². The lowest BCUT2D eigenvalue weighted by atomic mass is 10.2. The van der Waals surface area contributed by atoms with Crippen molar-refractivity contribution in [1.29, 1.82) is 0 Å². The van der Waals surface area contributed by atoms with Gasteiger partial charge in [0.05, 0.1) is 6.04 Å². The summed E-state index contributed by atoms with van der Waals surface area (Å²) in [6.45, 7) is 3.61. The van der Waals surface area contributed by atoms with Gasteiger partial charge in [0.1, 0.15) is 5.82 Å². The summed E-state index contributed by atoms with van der Waals surface area (Å²) in [6.07, 6.45) is 4.13. The van der Waals surface area contributed by atoms with Crippen LogP contribution in [-0.4, -0.2) is 26.0 Å². The molecule has 0 spiro atoms. The zero-order chi connectivity index (χ0) is 13.0. The van der Waals surface area contributed by atoms with Crippen LogP contribution in [0.2, 0.25) is 0 Å². The van der Waals surface area contributed by atoms with Gasteiger partial charge in [-0.15, -0.1) is 0 Å². The SMILES string of the molecule is Cc1noc(CCC(=O)NC(C)c2ncc[nH]2)n1. The number of aromatic amines is 1. The number of hydrogen-bond donors (Lipinski definition) is 2. The average molecular weight is 249 g/mol. The summed E-state index contributed by atoms with van der Waals surface area (Å²) in [5.41, 5.74) is 0. The maximum atomic E-state index is 11.7. The zero-order valence-electron chi connectivity index (χ0n) is 10.3. The van der Waals surface area contributed by atoms with Crippen LogP contribution in [-0.2, 0) is 11.2 Å². The van der Waals surface area contributed by atoms with Crippen molar-refractivity contribution >= 4 is 5.91 Å². The number of carbonyl (C=O) groups is 1. The predicted molar refractivity (Wildman–Crippen MR) is 62.5 cm³/mol. The van der Waals surface area contributed by atoms with E-state index in [-0.39, 0.29) is 11.9 Å². The van der Waals surface area contributed by atoms with E-state index >= 15 is 0 Å². The van der Waals surface area contributed by atoms with Crippen molar-refractivity contribution in [3.8, 4) is 0 Å². The number of nitrogens with zero attached hydrogens (tertiary/aromatic N) is 3. The molecule has 7 nitrogen and oxygen atoms in total. The molecule has 1 amide bonds. The molecule has 2 aromatic heterocycles. The molecule has 0 aliphatic heterocycles. The van der Waals surface area contributed by atoms with Gasteiger partial charge in [-0.3, -0.25) is 4.79 Å². The largest absolute Gasteiger partial charge is 0.347 e. The number of aryl methyl sites for hydroxylation is 2. The molecule has 96 valence electrons. The van der Waals surface area contributed by atoms with Crippen LogP contribution in [0.5, 0.6) is 0 Å². The van der Waals surface area contributed by atoms with E-state index in [1.54, 1.807) is 19.3 Å². The van der Waals surface area contributed by atoms with Gasteiger partial charge >= 0.3 is 0 Å². The highest BCUT2D eigenvalue weighted by molar-refractivity contribution is 5.76. The topological polar surface area (TPSA) is 96.7 Å². The van der Waals surface area contributed by atoms with Gasteiger partial charge in [-0.1, -0.05) is 5.16 Å². The van der Waals surface area contributed by atoms with Gasteiger partial charge in [0.15, 0.2) is 5.82 Å². The van der Waals surface area contributed by atoms with Gasteiger partial charge in [0.2, 0.25) is 11.8 Å². The highest BCUT2D eigenvalue weighted by Crippen LogP contribution is 2.06. The summed E-state index contributed by atoms with van der Waals surface area (Å²) in [6, 6.07) is -0.142.